The molecule has 3 aromatic rings. The average Bonchev–Trinajstić information content (AvgIpc) is 3.29. The second-order valence-corrected chi connectivity index (χ2v) is 12.8. The lowest BCUT2D eigenvalue weighted by atomic mass is 9.93. The van der Waals surface area contributed by atoms with Gasteiger partial charge in [-0.15, -0.1) is 0 Å². The Labute approximate surface area is 243 Å². The summed E-state index contributed by atoms with van der Waals surface area (Å²) >= 11 is 0. The molecule has 1 aliphatic heterocycles. The summed E-state index contributed by atoms with van der Waals surface area (Å²) in [6.07, 6.45) is -1.08. The number of methoxy groups -OCH3 is 1. The molecule has 0 bridgehead atoms. The van der Waals surface area contributed by atoms with Crippen molar-refractivity contribution in [2.24, 2.45) is 5.92 Å². The molecule has 14 heteroatoms. The van der Waals surface area contributed by atoms with Gasteiger partial charge >= 0.3 is 6.18 Å². The molecule has 5 rings (SSSR count). The first-order valence-corrected chi connectivity index (χ1v) is 15.4. The van der Waals surface area contributed by atoms with Crippen LogP contribution in [-0.2, 0) is 29.0 Å². The molecule has 1 aliphatic carbocycles. The fourth-order valence-electron chi connectivity index (χ4n) is 5.67. The number of nitrogens with one attached hydrogen (secondary N) is 1. The zero-order chi connectivity index (χ0) is 30.2. The summed E-state index contributed by atoms with van der Waals surface area (Å²) in [6, 6.07) is 8.38. The highest BCUT2D eigenvalue weighted by atomic mass is 32.2. The number of anilines is 3. The number of halogens is 3. The lowest BCUT2D eigenvalue weighted by molar-refractivity contribution is -0.138. The predicted octanol–water partition coefficient (Wildman–Crippen LogP) is 3.74. The number of likely N-dealkylation sites (N-methyl/N-ethyl adjacent to an activating group) is 1. The molecule has 0 spiro atoms. The third-order valence-corrected chi connectivity index (χ3v) is 9.26. The predicted molar refractivity (Wildman–Crippen MR) is 154 cm³/mol. The third kappa shape index (κ3) is 6.30. The van der Waals surface area contributed by atoms with Crippen molar-refractivity contribution in [1.82, 2.24) is 24.2 Å². The second-order valence-electron chi connectivity index (χ2n) is 10.8. The summed E-state index contributed by atoms with van der Waals surface area (Å²) in [5.41, 5.74) is 1.65. The van der Waals surface area contributed by atoms with Gasteiger partial charge < -0.3 is 19.9 Å². The number of alkyl halides is 3. The van der Waals surface area contributed by atoms with Crippen molar-refractivity contribution in [2.45, 2.75) is 25.1 Å². The molecular formula is C28H34F3N7O3S. The van der Waals surface area contributed by atoms with Crippen LogP contribution >= 0.6 is 0 Å². The molecule has 1 fully saturated rings. The molecule has 42 heavy (non-hydrogen) atoms. The number of hydrogen-bond donors (Lipinski definition) is 1. The van der Waals surface area contributed by atoms with Gasteiger partial charge in [0.25, 0.3) is 0 Å². The Morgan fingerprint density at radius 2 is 1.88 bits per heavy atom. The second kappa shape index (κ2) is 11.7. The average molecular weight is 606 g/mol. The SMILES string of the molecule is COc1cc(N2CCN(C)CC2)ccc1Nc1ncc(C(F)(F)F)c(C[C@@H]2Cc3ncccc3[C@H]2N(C)S(C)(=O)=O)n1. The van der Waals surface area contributed by atoms with Crippen molar-refractivity contribution in [1.29, 1.82) is 0 Å². The van der Waals surface area contributed by atoms with Crippen molar-refractivity contribution >= 4 is 27.3 Å². The van der Waals surface area contributed by atoms with Gasteiger partial charge in [0.2, 0.25) is 16.0 Å². The van der Waals surface area contributed by atoms with E-state index in [0.717, 1.165) is 44.3 Å². The topological polar surface area (TPSA) is 104 Å². The van der Waals surface area contributed by atoms with E-state index in [4.69, 9.17) is 4.74 Å². The van der Waals surface area contributed by atoms with Crippen molar-refractivity contribution < 1.29 is 26.3 Å². The summed E-state index contributed by atoms with van der Waals surface area (Å²) in [5.74, 6) is -0.0372. The van der Waals surface area contributed by atoms with E-state index in [1.807, 2.05) is 12.1 Å². The molecule has 3 heterocycles. The molecule has 1 aromatic carbocycles. The van der Waals surface area contributed by atoms with Gasteiger partial charge in [0, 0.05) is 63.1 Å². The number of ether oxygens (including phenoxy) is 1. The van der Waals surface area contributed by atoms with E-state index in [9.17, 15) is 21.6 Å². The first kappa shape index (κ1) is 30.0. The first-order chi connectivity index (χ1) is 19.8. The van der Waals surface area contributed by atoms with E-state index in [2.05, 4.69) is 37.1 Å². The van der Waals surface area contributed by atoms with Crippen molar-refractivity contribution in [3.8, 4) is 5.75 Å². The Balaban J connectivity index is 1.45. The van der Waals surface area contributed by atoms with Crippen LogP contribution < -0.4 is 15.0 Å². The molecule has 0 radical (unpaired) electrons. The number of hydrogen-bond acceptors (Lipinski definition) is 9. The van der Waals surface area contributed by atoms with Gasteiger partial charge in [0.15, 0.2) is 0 Å². The van der Waals surface area contributed by atoms with E-state index in [0.29, 0.717) is 29.1 Å². The van der Waals surface area contributed by atoms with Gasteiger partial charge in [-0.3, -0.25) is 4.98 Å². The fourth-order valence-corrected chi connectivity index (χ4v) is 6.37. The van der Waals surface area contributed by atoms with Crippen LogP contribution in [-0.4, -0.2) is 86.2 Å². The normalized spacial score (nSPS) is 19.7. The number of piperazine rings is 1. The highest BCUT2D eigenvalue weighted by Crippen LogP contribution is 2.43. The van der Waals surface area contributed by atoms with E-state index < -0.39 is 33.7 Å². The summed E-state index contributed by atoms with van der Waals surface area (Å²) in [5, 5.41) is 3.02. The van der Waals surface area contributed by atoms with Gasteiger partial charge in [-0.2, -0.15) is 17.5 Å². The Bertz CT molecular complexity index is 1550. The molecule has 1 N–H and O–H groups in total. The van der Waals surface area contributed by atoms with E-state index in [1.54, 1.807) is 24.4 Å². The molecule has 0 saturated carbocycles. The van der Waals surface area contributed by atoms with Crippen LogP contribution in [0.3, 0.4) is 0 Å². The van der Waals surface area contributed by atoms with Crippen LogP contribution in [0.15, 0.2) is 42.7 Å². The maximum Gasteiger partial charge on any atom is 0.419 e. The fraction of sp³-hybridized carbons (Fsp3) is 0.464. The molecule has 10 nitrogen and oxygen atoms in total. The number of pyridine rings is 1. The molecule has 0 unspecified atom stereocenters. The summed E-state index contributed by atoms with van der Waals surface area (Å²) < 4.78 is 74.1. The van der Waals surface area contributed by atoms with Gasteiger partial charge in [-0.25, -0.2) is 18.4 Å². The van der Waals surface area contributed by atoms with Gasteiger partial charge in [0.1, 0.15) is 5.75 Å². The van der Waals surface area contributed by atoms with Crippen molar-refractivity contribution in [2.75, 3.05) is 63.9 Å². The highest BCUT2D eigenvalue weighted by molar-refractivity contribution is 7.88. The summed E-state index contributed by atoms with van der Waals surface area (Å²) in [7, 11) is 1.39. The number of sulfonamides is 1. The standard InChI is InChI=1S/C28H34F3N7O3S/c1-36-10-12-38(13-11-36)19-7-8-22(25(16-19)41-3)34-27-33-17-21(28(29,30)31)24(35-27)15-18-14-23-20(6-5-9-32-23)26(18)37(2)42(4,39)40/h5-9,16-18,26H,10-15H2,1-4H3,(H,33,34,35)/t18-,26-/m0/s1. The molecule has 2 atom stereocenters. The zero-order valence-corrected chi connectivity index (χ0v) is 24.7. The third-order valence-electron chi connectivity index (χ3n) is 7.99. The molecule has 0 amide bonds. The van der Waals surface area contributed by atoms with Crippen LogP contribution in [0.25, 0.3) is 0 Å². The number of nitrogens with zero attached hydrogens (tertiary/aromatic N) is 6. The first-order valence-electron chi connectivity index (χ1n) is 13.5. The van der Waals surface area contributed by atoms with Gasteiger partial charge in [0.05, 0.1) is 36.4 Å². The number of benzene rings is 1. The molecule has 2 aromatic heterocycles. The lowest BCUT2D eigenvalue weighted by Crippen LogP contribution is -2.44. The zero-order valence-electron chi connectivity index (χ0n) is 23.9. The Kier molecular flexibility index (Phi) is 8.32. The van der Waals surface area contributed by atoms with E-state index in [-0.39, 0.29) is 18.1 Å². The highest BCUT2D eigenvalue weighted by Gasteiger charge is 2.42. The van der Waals surface area contributed by atoms with Crippen LogP contribution in [0.1, 0.15) is 28.6 Å². The van der Waals surface area contributed by atoms with Crippen molar-refractivity contribution in [3.63, 3.8) is 0 Å². The maximum absolute atomic E-state index is 14.1. The number of fused-ring (bicyclic) bond motifs is 1. The van der Waals surface area contributed by atoms with Gasteiger partial charge in [-0.05, 0) is 49.6 Å². The minimum Gasteiger partial charge on any atom is -0.494 e. The molecule has 226 valence electrons. The number of rotatable bonds is 8. The minimum absolute atomic E-state index is 0.0229. The van der Waals surface area contributed by atoms with Crippen LogP contribution in [0.2, 0.25) is 0 Å². The molecular weight excluding hydrogens is 571 g/mol. The van der Waals surface area contributed by atoms with Crippen LogP contribution in [0, 0.1) is 5.92 Å². The van der Waals surface area contributed by atoms with E-state index >= 15 is 0 Å². The Hall–Kier alpha value is -3.49. The molecule has 1 saturated heterocycles. The van der Waals surface area contributed by atoms with Gasteiger partial charge in [-0.1, -0.05) is 6.07 Å². The minimum atomic E-state index is -4.70. The van der Waals surface area contributed by atoms with E-state index in [1.165, 1.54) is 18.5 Å². The summed E-state index contributed by atoms with van der Waals surface area (Å²) in [6.45, 7) is 3.61. The largest absolute Gasteiger partial charge is 0.494 e. The quantitative estimate of drug-likeness (QED) is 0.411. The monoisotopic (exact) mass is 605 g/mol. The van der Waals surface area contributed by atoms with Crippen LogP contribution in [0.5, 0.6) is 5.75 Å². The Morgan fingerprint density at radius 3 is 2.55 bits per heavy atom. The maximum atomic E-state index is 14.1. The van der Waals surface area contributed by atoms with Crippen molar-refractivity contribution in [3.05, 3.63) is 65.2 Å². The Morgan fingerprint density at radius 1 is 1.14 bits per heavy atom. The summed E-state index contributed by atoms with van der Waals surface area (Å²) in [4.78, 5) is 17.2. The van der Waals surface area contributed by atoms with Crippen LogP contribution in [0.4, 0.5) is 30.5 Å². The molecule has 2 aliphatic rings. The lowest BCUT2D eigenvalue weighted by Gasteiger charge is -2.34. The number of aromatic nitrogens is 3. The smallest absolute Gasteiger partial charge is 0.419 e.